The molecule has 0 fully saturated rings. The molecule has 244 valence electrons. The molecule has 0 spiro atoms. The molecule has 7 aromatic rings. The SMILES string of the molecule is Cc1cc2[nH]c1c(-c1ccccc1)c1nc(c(-c3ccccc3)c3[nH]c(c(C)c3C)c(-c3ccccc3)c3nc(c2-c2ccccc2)C=C3)C=C1. The number of hydrogen-bond donors (Lipinski definition) is 2. The molecule has 0 saturated carbocycles. The molecule has 9 rings (SSSR count). The van der Waals surface area contributed by atoms with Crippen molar-refractivity contribution in [3.05, 3.63) is 167 Å². The summed E-state index contributed by atoms with van der Waals surface area (Å²) in [6.07, 6.45) is 8.66. The summed E-state index contributed by atoms with van der Waals surface area (Å²) in [5, 5.41) is 0. The lowest BCUT2D eigenvalue weighted by atomic mass is 10.00. The number of nitrogens with zero attached hydrogens (tertiary/aromatic N) is 2. The van der Waals surface area contributed by atoms with Gasteiger partial charge in [0.2, 0.25) is 0 Å². The van der Waals surface area contributed by atoms with E-state index in [9.17, 15) is 0 Å². The molecule has 4 heteroatoms. The van der Waals surface area contributed by atoms with Gasteiger partial charge in [0.05, 0.1) is 39.3 Å². The third kappa shape index (κ3) is 5.24. The van der Waals surface area contributed by atoms with Gasteiger partial charge in [-0.05, 0) is 90.1 Å². The minimum absolute atomic E-state index is 0.914. The molecule has 5 heterocycles. The van der Waals surface area contributed by atoms with Gasteiger partial charge in [-0.2, -0.15) is 0 Å². The maximum absolute atomic E-state index is 5.46. The minimum Gasteiger partial charge on any atom is -0.354 e. The average molecular weight is 657 g/mol. The number of aryl methyl sites for hydroxylation is 3. The first-order valence-electron chi connectivity index (χ1n) is 17.4. The van der Waals surface area contributed by atoms with Crippen LogP contribution in [-0.2, 0) is 0 Å². The molecule has 2 aliphatic rings. The highest BCUT2D eigenvalue weighted by Gasteiger charge is 2.21. The molecule has 51 heavy (non-hydrogen) atoms. The third-order valence-electron chi connectivity index (χ3n) is 10.2. The van der Waals surface area contributed by atoms with E-state index >= 15 is 0 Å². The monoisotopic (exact) mass is 656 g/mol. The summed E-state index contributed by atoms with van der Waals surface area (Å²) in [5.74, 6) is 0. The van der Waals surface area contributed by atoms with Crippen LogP contribution in [0.2, 0.25) is 0 Å². The highest BCUT2D eigenvalue weighted by Crippen LogP contribution is 2.40. The van der Waals surface area contributed by atoms with Crippen LogP contribution in [0.1, 0.15) is 39.5 Å². The van der Waals surface area contributed by atoms with Gasteiger partial charge >= 0.3 is 0 Å². The number of nitrogens with one attached hydrogen (secondary N) is 2. The molecule has 4 aromatic carbocycles. The first kappa shape index (κ1) is 30.5. The Bertz CT molecular complexity index is 2680. The molecule has 2 aliphatic heterocycles. The molecular weight excluding hydrogens is 621 g/mol. The van der Waals surface area contributed by atoms with E-state index in [0.717, 1.165) is 94.9 Å². The number of aromatic nitrogens is 4. The molecule has 0 atom stereocenters. The van der Waals surface area contributed by atoms with Crippen LogP contribution < -0.4 is 0 Å². The molecular formula is C47H36N4. The standard InChI is InChI=1S/C47H36N4/c1-29-28-40-41(32-16-8-4-9-17-32)36-24-25-38(48-36)43(34-20-12-6-13-21-34)46-30(2)31(3)47(51-46)44(35-22-14-7-15-23-35)39-27-26-37(49-39)42(45(29)50-40)33-18-10-5-11-19-33/h4-28,50-51H,1-3H3. The van der Waals surface area contributed by atoms with Crippen molar-refractivity contribution in [2.75, 3.05) is 0 Å². The number of hydrogen-bond acceptors (Lipinski definition) is 2. The van der Waals surface area contributed by atoms with Crippen LogP contribution in [-0.4, -0.2) is 19.9 Å². The first-order chi connectivity index (χ1) is 25.0. The molecule has 2 N–H and O–H groups in total. The van der Waals surface area contributed by atoms with Gasteiger partial charge in [-0.15, -0.1) is 0 Å². The zero-order chi connectivity index (χ0) is 34.5. The van der Waals surface area contributed by atoms with Crippen LogP contribution >= 0.6 is 0 Å². The predicted octanol–water partition coefficient (Wildman–Crippen LogP) is 12.2. The average Bonchev–Trinajstić information content (AvgIpc) is 3.98. The van der Waals surface area contributed by atoms with Gasteiger partial charge in [-0.1, -0.05) is 121 Å². The molecule has 0 amide bonds. The molecule has 3 aromatic heterocycles. The quantitative estimate of drug-likeness (QED) is 0.198. The molecule has 8 bridgehead atoms. The van der Waals surface area contributed by atoms with Crippen LogP contribution in [0.4, 0.5) is 0 Å². The summed E-state index contributed by atoms with van der Waals surface area (Å²) < 4.78 is 0. The van der Waals surface area contributed by atoms with Gasteiger partial charge in [-0.3, -0.25) is 0 Å². The van der Waals surface area contributed by atoms with Crippen LogP contribution in [0.25, 0.3) is 90.9 Å². The number of rotatable bonds is 4. The van der Waals surface area contributed by atoms with Crippen molar-refractivity contribution in [1.82, 2.24) is 19.9 Å². The van der Waals surface area contributed by atoms with Gasteiger partial charge in [0, 0.05) is 27.8 Å². The van der Waals surface area contributed by atoms with Crippen molar-refractivity contribution in [2.45, 2.75) is 20.8 Å². The van der Waals surface area contributed by atoms with Crippen molar-refractivity contribution in [3.8, 4) is 44.5 Å². The Labute approximate surface area is 297 Å². The summed E-state index contributed by atoms with van der Waals surface area (Å²) in [4.78, 5) is 18.7. The van der Waals surface area contributed by atoms with E-state index in [2.05, 4.69) is 182 Å². The Kier molecular flexibility index (Phi) is 7.44. The van der Waals surface area contributed by atoms with E-state index in [4.69, 9.17) is 9.97 Å². The maximum Gasteiger partial charge on any atom is 0.0737 e. The van der Waals surface area contributed by atoms with E-state index in [1.165, 1.54) is 11.1 Å². The van der Waals surface area contributed by atoms with E-state index in [1.54, 1.807) is 0 Å². The highest BCUT2D eigenvalue weighted by atomic mass is 14.8. The van der Waals surface area contributed by atoms with Gasteiger partial charge < -0.3 is 9.97 Å². The normalized spacial score (nSPS) is 12.1. The zero-order valence-electron chi connectivity index (χ0n) is 28.8. The zero-order valence-corrected chi connectivity index (χ0v) is 28.8. The third-order valence-corrected chi connectivity index (χ3v) is 10.2. The van der Waals surface area contributed by atoms with Crippen molar-refractivity contribution >= 4 is 46.4 Å². The summed E-state index contributed by atoms with van der Waals surface area (Å²) in [6, 6.07) is 44.6. The van der Waals surface area contributed by atoms with Crippen molar-refractivity contribution in [3.63, 3.8) is 0 Å². The Balaban J connectivity index is 1.54. The summed E-state index contributed by atoms with van der Waals surface area (Å²) in [6.45, 7) is 6.60. The fraction of sp³-hybridized carbons (Fsp3) is 0.0638. The topological polar surface area (TPSA) is 57.4 Å². The van der Waals surface area contributed by atoms with Crippen molar-refractivity contribution in [2.24, 2.45) is 0 Å². The highest BCUT2D eigenvalue weighted by molar-refractivity contribution is 6.01. The number of fused-ring (bicyclic) bond motifs is 8. The summed E-state index contributed by atoms with van der Waals surface area (Å²) in [5.41, 5.74) is 20.0. The molecule has 0 saturated heterocycles. The maximum atomic E-state index is 5.46. The Morgan fingerprint density at radius 1 is 0.373 bits per heavy atom. The molecule has 0 unspecified atom stereocenters. The van der Waals surface area contributed by atoms with E-state index in [-0.39, 0.29) is 0 Å². The number of aromatic amines is 2. The summed E-state index contributed by atoms with van der Waals surface area (Å²) in [7, 11) is 0. The lowest BCUT2D eigenvalue weighted by Crippen LogP contribution is -1.90. The van der Waals surface area contributed by atoms with Crippen LogP contribution in [0.5, 0.6) is 0 Å². The lowest BCUT2D eigenvalue weighted by molar-refractivity contribution is 1.31. The van der Waals surface area contributed by atoms with Gasteiger partial charge in [0.25, 0.3) is 0 Å². The second-order valence-corrected chi connectivity index (χ2v) is 13.3. The largest absolute Gasteiger partial charge is 0.354 e. The van der Waals surface area contributed by atoms with Gasteiger partial charge in [0.15, 0.2) is 0 Å². The Morgan fingerprint density at radius 3 is 1.10 bits per heavy atom. The molecule has 0 aliphatic carbocycles. The van der Waals surface area contributed by atoms with Gasteiger partial charge in [-0.25, -0.2) is 9.97 Å². The summed E-state index contributed by atoms with van der Waals surface area (Å²) >= 11 is 0. The Morgan fingerprint density at radius 2 is 0.706 bits per heavy atom. The van der Waals surface area contributed by atoms with E-state index < -0.39 is 0 Å². The molecule has 0 radical (unpaired) electrons. The van der Waals surface area contributed by atoms with Crippen LogP contribution in [0.3, 0.4) is 0 Å². The second kappa shape index (κ2) is 12.4. The van der Waals surface area contributed by atoms with Gasteiger partial charge in [0.1, 0.15) is 0 Å². The fourth-order valence-corrected chi connectivity index (χ4v) is 7.54. The molecule has 4 nitrogen and oxygen atoms in total. The fourth-order valence-electron chi connectivity index (χ4n) is 7.54. The van der Waals surface area contributed by atoms with Crippen molar-refractivity contribution < 1.29 is 0 Å². The number of benzene rings is 4. The smallest absolute Gasteiger partial charge is 0.0737 e. The van der Waals surface area contributed by atoms with Crippen molar-refractivity contribution in [1.29, 1.82) is 0 Å². The van der Waals surface area contributed by atoms with E-state index in [0.29, 0.717) is 0 Å². The van der Waals surface area contributed by atoms with Crippen LogP contribution in [0, 0.1) is 20.8 Å². The van der Waals surface area contributed by atoms with Crippen LogP contribution in [0.15, 0.2) is 127 Å². The van der Waals surface area contributed by atoms with E-state index in [1.807, 2.05) is 0 Å². The first-order valence-corrected chi connectivity index (χ1v) is 17.4. The Hall–Kier alpha value is -6.52. The lowest BCUT2D eigenvalue weighted by Gasteiger charge is -2.07. The minimum atomic E-state index is 0.914. The second-order valence-electron chi connectivity index (χ2n) is 13.3. The number of H-pyrrole nitrogens is 2. The predicted molar refractivity (Wildman–Crippen MR) is 215 cm³/mol.